The van der Waals surface area contributed by atoms with Gasteiger partial charge >= 0.3 is 5.97 Å². The zero-order chi connectivity index (χ0) is 10.1. The molecule has 0 aliphatic carbocycles. The number of carboxylic acid groups (broad SMARTS) is 1. The fourth-order valence-electron chi connectivity index (χ4n) is 1.32. The molecular formula is C11H20O2. The largest absolute Gasteiger partial charge is 0.481 e. The van der Waals surface area contributed by atoms with Crippen LogP contribution in [-0.2, 0) is 4.79 Å². The van der Waals surface area contributed by atoms with Crippen molar-refractivity contribution in [2.45, 2.75) is 46.0 Å². The van der Waals surface area contributed by atoms with Gasteiger partial charge in [0.15, 0.2) is 0 Å². The van der Waals surface area contributed by atoms with Crippen LogP contribution < -0.4 is 0 Å². The molecule has 13 heavy (non-hydrogen) atoms. The van der Waals surface area contributed by atoms with Crippen LogP contribution in [0.2, 0.25) is 0 Å². The average molecular weight is 184 g/mol. The van der Waals surface area contributed by atoms with E-state index in [1.807, 2.05) is 19.9 Å². The number of unbranched alkanes of at least 4 members (excludes halogenated alkanes) is 2. The molecule has 0 aliphatic rings. The molecule has 0 fully saturated rings. The van der Waals surface area contributed by atoms with E-state index in [9.17, 15) is 4.79 Å². The molecule has 0 aromatic carbocycles. The van der Waals surface area contributed by atoms with Crippen molar-refractivity contribution in [1.82, 2.24) is 0 Å². The van der Waals surface area contributed by atoms with Crippen molar-refractivity contribution in [3.05, 3.63) is 12.2 Å². The normalized spacial score (nSPS) is 13.4. The van der Waals surface area contributed by atoms with E-state index in [4.69, 9.17) is 5.11 Å². The summed E-state index contributed by atoms with van der Waals surface area (Å²) in [6, 6.07) is 0. The number of rotatable bonds is 7. The minimum atomic E-state index is -0.645. The van der Waals surface area contributed by atoms with Gasteiger partial charge in [0.05, 0.1) is 5.92 Å². The summed E-state index contributed by atoms with van der Waals surface area (Å²) in [7, 11) is 0. The van der Waals surface area contributed by atoms with Crippen LogP contribution in [0.3, 0.4) is 0 Å². The molecule has 0 heterocycles. The summed E-state index contributed by atoms with van der Waals surface area (Å²) < 4.78 is 0. The Labute approximate surface area is 80.7 Å². The van der Waals surface area contributed by atoms with Gasteiger partial charge in [-0.2, -0.15) is 0 Å². The van der Waals surface area contributed by atoms with Crippen molar-refractivity contribution in [3.8, 4) is 0 Å². The Bertz CT molecular complexity index is 161. The number of allylic oxidation sites excluding steroid dienone is 2. The van der Waals surface area contributed by atoms with Gasteiger partial charge in [-0.15, -0.1) is 0 Å². The molecule has 1 unspecified atom stereocenters. The Morgan fingerprint density at radius 3 is 2.62 bits per heavy atom. The average Bonchev–Trinajstić information content (AvgIpc) is 2.10. The van der Waals surface area contributed by atoms with Crippen LogP contribution in [0.5, 0.6) is 0 Å². The molecule has 0 saturated carbocycles. The molecule has 0 radical (unpaired) electrons. The van der Waals surface area contributed by atoms with Crippen LogP contribution in [0.15, 0.2) is 12.2 Å². The van der Waals surface area contributed by atoms with Gasteiger partial charge < -0.3 is 5.11 Å². The fourth-order valence-corrected chi connectivity index (χ4v) is 1.32. The topological polar surface area (TPSA) is 37.3 Å². The lowest BCUT2D eigenvalue weighted by molar-refractivity contribution is -0.142. The summed E-state index contributed by atoms with van der Waals surface area (Å²) in [5.74, 6) is -0.779. The Morgan fingerprint density at radius 2 is 2.15 bits per heavy atom. The molecule has 0 aliphatic heterocycles. The van der Waals surface area contributed by atoms with Crippen LogP contribution in [-0.4, -0.2) is 11.1 Å². The van der Waals surface area contributed by atoms with Gasteiger partial charge in [-0.25, -0.2) is 0 Å². The monoisotopic (exact) mass is 184 g/mol. The van der Waals surface area contributed by atoms with Crippen molar-refractivity contribution < 1.29 is 9.90 Å². The second-order valence-corrected chi connectivity index (χ2v) is 3.30. The van der Waals surface area contributed by atoms with E-state index in [1.165, 1.54) is 0 Å². The number of carboxylic acids is 1. The summed E-state index contributed by atoms with van der Waals surface area (Å²) >= 11 is 0. The minimum absolute atomic E-state index is 0.134. The first-order valence-electron chi connectivity index (χ1n) is 5.06. The Morgan fingerprint density at radius 1 is 1.46 bits per heavy atom. The summed E-state index contributed by atoms with van der Waals surface area (Å²) in [5.41, 5.74) is 0. The Kier molecular flexibility index (Phi) is 7.36. The number of hydrogen-bond acceptors (Lipinski definition) is 1. The lowest BCUT2D eigenvalue weighted by atomic mass is 9.99. The summed E-state index contributed by atoms with van der Waals surface area (Å²) in [6.45, 7) is 3.94. The Balaban J connectivity index is 3.44. The first-order valence-corrected chi connectivity index (χ1v) is 5.06. The molecule has 0 bridgehead atoms. The van der Waals surface area contributed by atoms with Gasteiger partial charge in [-0.3, -0.25) is 4.79 Å². The maximum Gasteiger partial charge on any atom is 0.306 e. The number of carbonyl (C=O) groups is 1. The van der Waals surface area contributed by atoms with E-state index in [-0.39, 0.29) is 5.92 Å². The van der Waals surface area contributed by atoms with E-state index in [0.29, 0.717) is 0 Å². The van der Waals surface area contributed by atoms with Crippen molar-refractivity contribution in [3.63, 3.8) is 0 Å². The van der Waals surface area contributed by atoms with Gasteiger partial charge in [0.1, 0.15) is 0 Å². The first-order chi connectivity index (χ1) is 6.22. The molecule has 0 amide bonds. The predicted molar refractivity (Wildman–Crippen MR) is 54.7 cm³/mol. The predicted octanol–water partition coefficient (Wildman–Crippen LogP) is 3.23. The number of aliphatic carboxylic acids is 1. The smallest absolute Gasteiger partial charge is 0.306 e. The third kappa shape index (κ3) is 6.38. The maximum absolute atomic E-state index is 10.6. The van der Waals surface area contributed by atoms with E-state index in [2.05, 4.69) is 6.08 Å². The quantitative estimate of drug-likeness (QED) is 0.487. The minimum Gasteiger partial charge on any atom is -0.481 e. The standard InChI is InChI=1S/C11H20O2/c1-3-5-6-7-8-9-10(4-2)11(12)13/h3,5,10H,4,6-9H2,1-2H3,(H,12,13). The lowest BCUT2D eigenvalue weighted by Gasteiger charge is -2.07. The number of hydrogen-bond donors (Lipinski definition) is 1. The molecule has 0 rings (SSSR count). The van der Waals surface area contributed by atoms with E-state index < -0.39 is 5.97 Å². The Hall–Kier alpha value is -0.790. The highest BCUT2D eigenvalue weighted by atomic mass is 16.4. The molecule has 76 valence electrons. The molecule has 2 nitrogen and oxygen atoms in total. The zero-order valence-corrected chi connectivity index (χ0v) is 8.62. The van der Waals surface area contributed by atoms with Gasteiger partial charge in [0.25, 0.3) is 0 Å². The van der Waals surface area contributed by atoms with Crippen molar-refractivity contribution in [1.29, 1.82) is 0 Å². The SMILES string of the molecule is CC=CCCCCC(CC)C(=O)O. The van der Waals surface area contributed by atoms with Crippen LogP contribution >= 0.6 is 0 Å². The van der Waals surface area contributed by atoms with E-state index >= 15 is 0 Å². The van der Waals surface area contributed by atoms with Gasteiger partial charge in [-0.05, 0) is 32.6 Å². The molecule has 1 N–H and O–H groups in total. The van der Waals surface area contributed by atoms with Crippen molar-refractivity contribution in [2.75, 3.05) is 0 Å². The summed E-state index contributed by atoms with van der Waals surface area (Å²) in [5, 5.41) is 8.76. The zero-order valence-electron chi connectivity index (χ0n) is 8.62. The lowest BCUT2D eigenvalue weighted by Crippen LogP contribution is -2.12. The molecule has 0 aromatic rings. The third-order valence-electron chi connectivity index (χ3n) is 2.25. The van der Waals surface area contributed by atoms with Crippen LogP contribution in [0, 0.1) is 5.92 Å². The first kappa shape index (κ1) is 12.2. The van der Waals surface area contributed by atoms with Gasteiger partial charge in [0, 0.05) is 0 Å². The van der Waals surface area contributed by atoms with Crippen LogP contribution in [0.1, 0.15) is 46.0 Å². The molecular weight excluding hydrogens is 164 g/mol. The second kappa shape index (κ2) is 7.84. The molecule has 0 aromatic heterocycles. The van der Waals surface area contributed by atoms with Crippen molar-refractivity contribution >= 4 is 5.97 Å². The highest BCUT2D eigenvalue weighted by Crippen LogP contribution is 2.13. The van der Waals surface area contributed by atoms with Crippen LogP contribution in [0.4, 0.5) is 0 Å². The maximum atomic E-state index is 10.6. The fraction of sp³-hybridized carbons (Fsp3) is 0.727. The van der Waals surface area contributed by atoms with E-state index in [0.717, 1.165) is 32.1 Å². The van der Waals surface area contributed by atoms with Crippen molar-refractivity contribution in [2.24, 2.45) is 5.92 Å². The molecule has 0 saturated heterocycles. The highest BCUT2D eigenvalue weighted by molar-refractivity contribution is 5.69. The molecule has 2 heteroatoms. The molecule has 1 atom stereocenters. The van der Waals surface area contributed by atoms with Crippen LogP contribution in [0.25, 0.3) is 0 Å². The summed E-state index contributed by atoms with van der Waals surface area (Å²) in [6.07, 6.45) is 8.94. The highest BCUT2D eigenvalue weighted by Gasteiger charge is 2.13. The van der Waals surface area contributed by atoms with Gasteiger partial charge in [-0.1, -0.05) is 25.5 Å². The summed E-state index contributed by atoms with van der Waals surface area (Å²) in [4.78, 5) is 10.6. The third-order valence-corrected chi connectivity index (χ3v) is 2.25. The van der Waals surface area contributed by atoms with E-state index in [1.54, 1.807) is 0 Å². The van der Waals surface area contributed by atoms with Gasteiger partial charge in [0.2, 0.25) is 0 Å². The second-order valence-electron chi connectivity index (χ2n) is 3.30. The molecule has 0 spiro atoms.